The lowest BCUT2D eigenvalue weighted by Crippen LogP contribution is -2.25. The largest absolute Gasteiger partial charge is 0.326 e. The molecule has 0 aliphatic carbocycles. The smallest absolute Gasteiger partial charge is 0.124 e. The zero-order valence-electron chi connectivity index (χ0n) is 10.2. The van der Waals surface area contributed by atoms with Gasteiger partial charge in [-0.2, -0.15) is 11.3 Å². The van der Waals surface area contributed by atoms with Crippen molar-refractivity contribution in [2.75, 3.05) is 0 Å². The maximum atomic E-state index is 13.2. The normalized spacial score (nSPS) is 14.4. The van der Waals surface area contributed by atoms with E-state index in [4.69, 9.17) is 5.73 Å². The van der Waals surface area contributed by atoms with Crippen LogP contribution in [-0.2, 0) is 0 Å². The fourth-order valence-electron chi connectivity index (χ4n) is 1.74. The first-order chi connectivity index (χ1) is 8.70. The van der Waals surface area contributed by atoms with Gasteiger partial charge in [0.1, 0.15) is 5.82 Å². The fourth-order valence-corrected chi connectivity index (χ4v) is 3.80. The van der Waals surface area contributed by atoms with Crippen LogP contribution in [0.3, 0.4) is 0 Å². The number of halogens is 1. The zero-order valence-corrected chi connectivity index (χ0v) is 11.8. The monoisotopic (exact) mass is 281 g/mol. The maximum absolute atomic E-state index is 13.2. The first kappa shape index (κ1) is 13.6. The average molecular weight is 281 g/mol. The number of thiophene rings is 1. The van der Waals surface area contributed by atoms with Gasteiger partial charge in [0, 0.05) is 10.9 Å². The second-order valence-corrected chi connectivity index (χ2v) is 6.12. The highest BCUT2D eigenvalue weighted by Gasteiger charge is 2.20. The second-order valence-electron chi connectivity index (χ2n) is 4.12. The Hall–Kier alpha value is -0.840. The minimum atomic E-state index is -0.200. The molecule has 0 radical (unpaired) electrons. The highest BCUT2D eigenvalue weighted by molar-refractivity contribution is 7.99. The van der Waals surface area contributed by atoms with Crippen LogP contribution >= 0.6 is 23.1 Å². The Kier molecular flexibility index (Phi) is 4.80. The first-order valence-corrected chi connectivity index (χ1v) is 7.73. The molecule has 0 fully saturated rings. The summed E-state index contributed by atoms with van der Waals surface area (Å²) in [6.07, 6.45) is 0.906. The standard InChI is InChI=1S/C14H16FNS2/c1-2-13(16)14(10-6-7-17-9-10)18-12-5-3-4-11(15)8-12/h3-9,13-14H,2,16H2,1H3. The molecule has 2 unspecified atom stereocenters. The fraction of sp³-hybridized carbons (Fsp3) is 0.286. The van der Waals surface area contributed by atoms with E-state index in [2.05, 4.69) is 23.8 Å². The summed E-state index contributed by atoms with van der Waals surface area (Å²) >= 11 is 3.30. The summed E-state index contributed by atoms with van der Waals surface area (Å²) in [5.74, 6) is -0.200. The lowest BCUT2D eigenvalue weighted by atomic mass is 10.1. The Morgan fingerprint density at radius 3 is 2.83 bits per heavy atom. The molecule has 0 bridgehead atoms. The van der Waals surface area contributed by atoms with E-state index >= 15 is 0 Å². The molecule has 0 saturated carbocycles. The molecule has 0 amide bonds. The molecule has 1 aromatic heterocycles. The first-order valence-electron chi connectivity index (χ1n) is 5.90. The van der Waals surface area contributed by atoms with E-state index in [-0.39, 0.29) is 17.1 Å². The van der Waals surface area contributed by atoms with Gasteiger partial charge in [0.05, 0.1) is 5.25 Å². The summed E-state index contributed by atoms with van der Waals surface area (Å²) in [5.41, 5.74) is 7.41. The molecule has 18 heavy (non-hydrogen) atoms. The van der Waals surface area contributed by atoms with Crippen molar-refractivity contribution in [2.45, 2.75) is 29.5 Å². The van der Waals surface area contributed by atoms with Crippen LogP contribution in [0.1, 0.15) is 24.2 Å². The molecular formula is C14H16FNS2. The molecule has 0 saturated heterocycles. The van der Waals surface area contributed by atoms with Crippen LogP contribution in [-0.4, -0.2) is 6.04 Å². The zero-order chi connectivity index (χ0) is 13.0. The molecule has 0 spiro atoms. The number of hydrogen-bond acceptors (Lipinski definition) is 3. The van der Waals surface area contributed by atoms with Gasteiger partial charge in [-0.05, 0) is 47.0 Å². The molecule has 0 aliphatic rings. The Labute approximate surface area is 115 Å². The van der Waals surface area contributed by atoms with Crippen LogP contribution in [0.25, 0.3) is 0 Å². The van der Waals surface area contributed by atoms with Crippen LogP contribution in [0.15, 0.2) is 46.0 Å². The van der Waals surface area contributed by atoms with E-state index in [0.717, 1.165) is 11.3 Å². The van der Waals surface area contributed by atoms with Gasteiger partial charge >= 0.3 is 0 Å². The number of nitrogens with two attached hydrogens (primary N) is 1. The van der Waals surface area contributed by atoms with Crippen LogP contribution in [0.2, 0.25) is 0 Å². The lowest BCUT2D eigenvalue weighted by Gasteiger charge is -2.21. The quantitative estimate of drug-likeness (QED) is 0.819. The van der Waals surface area contributed by atoms with Crippen LogP contribution in [0.4, 0.5) is 4.39 Å². The molecule has 1 aromatic carbocycles. The molecule has 2 rings (SSSR count). The molecule has 1 heterocycles. The number of thioether (sulfide) groups is 1. The molecule has 2 aromatic rings. The second kappa shape index (κ2) is 6.36. The molecule has 2 N–H and O–H groups in total. The highest BCUT2D eigenvalue weighted by atomic mass is 32.2. The summed E-state index contributed by atoms with van der Waals surface area (Å²) in [5, 5.41) is 4.35. The van der Waals surface area contributed by atoms with Crippen LogP contribution < -0.4 is 5.73 Å². The van der Waals surface area contributed by atoms with E-state index < -0.39 is 0 Å². The SMILES string of the molecule is CCC(N)C(Sc1cccc(F)c1)c1ccsc1. The summed E-state index contributed by atoms with van der Waals surface area (Å²) < 4.78 is 13.2. The Balaban J connectivity index is 2.20. The third-order valence-electron chi connectivity index (χ3n) is 2.79. The number of benzene rings is 1. The van der Waals surface area contributed by atoms with Gasteiger partial charge in [-0.1, -0.05) is 13.0 Å². The molecular weight excluding hydrogens is 265 g/mol. The van der Waals surface area contributed by atoms with Crippen molar-refractivity contribution in [2.24, 2.45) is 5.73 Å². The van der Waals surface area contributed by atoms with Crippen molar-refractivity contribution < 1.29 is 4.39 Å². The van der Waals surface area contributed by atoms with Crippen molar-refractivity contribution in [3.05, 3.63) is 52.5 Å². The van der Waals surface area contributed by atoms with Crippen LogP contribution in [0, 0.1) is 5.82 Å². The van der Waals surface area contributed by atoms with Crippen molar-refractivity contribution in [1.82, 2.24) is 0 Å². The summed E-state index contributed by atoms with van der Waals surface area (Å²) in [7, 11) is 0. The predicted octanol–water partition coefficient (Wildman–Crippen LogP) is 4.46. The van der Waals surface area contributed by atoms with Crippen LogP contribution in [0.5, 0.6) is 0 Å². The van der Waals surface area contributed by atoms with Crippen molar-refractivity contribution in [3.8, 4) is 0 Å². The van der Waals surface area contributed by atoms with Gasteiger partial charge in [0.25, 0.3) is 0 Å². The van der Waals surface area contributed by atoms with E-state index in [1.54, 1.807) is 35.2 Å². The Morgan fingerprint density at radius 1 is 1.39 bits per heavy atom. The molecule has 96 valence electrons. The molecule has 0 aliphatic heterocycles. The molecule has 1 nitrogen and oxygen atoms in total. The predicted molar refractivity (Wildman–Crippen MR) is 77.6 cm³/mol. The van der Waals surface area contributed by atoms with Gasteiger partial charge in [-0.3, -0.25) is 0 Å². The van der Waals surface area contributed by atoms with Crippen molar-refractivity contribution in [3.63, 3.8) is 0 Å². The van der Waals surface area contributed by atoms with E-state index in [0.29, 0.717) is 0 Å². The average Bonchev–Trinajstić information content (AvgIpc) is 2.89. The summed E-state index contributed by atoms with van der Waals surface area (Å²) in [6, 6.07) is 8.86. The Morgan fingerprint density at radius 2 is 2.22 bits per heavy atom. The minimum absolute atomic E-state index is 0.0767. The van der Waals surface area contributed by atoms with Gasteiger partial charge < -0.3 is 5.73 Å². The Bertz CT molecular complexity index is 484. The van der Waals surface area contributed by atoms with Gasteiger partial charge in [0.15, 0.2) is 0 Å². The summed E-state index contributed by atoms with van der Waals surface area (Å²) in [6.45, 7) is 2.08. The van der Waals surface area contributed by atoms with Gasteiger partial charge in [-0.25, -0.2) is 4.39 Å². The van der Waals surface area contributed by atoms with Crippen molar-refractivity contribution in [1.29, 1.82) is 0 Å². The number of hydrogen-bond donors (Lipinski definition) is 1. The highest BCUT2D eigenvalue weighted by Crippen LogP contribution is 2.38. The van der Waals surface area contributed by atoms with E-state index in [1.165, 1.54) is 11.6 Å². The van der Waals surface area contributed by atoms with Gasteiger partial charge in [-0.15, -0.1) is 11.8 Å². The third kappa shape index (κ3) is 3.34. The minimum Gasteiger partial charge on any atom is -0.326 e. The number of rotatable bonds is 5. The molecule has 4 heteroatoms. The van der Waals surface area contributed by atoms with Crippen molar-refractivity contribution >= 4 is 23.1 Å². The van der Waals surface area contributed by atoms with E-state index in [9.17, 15) is 4.39 Å². The molecule has 2 atom stereocenters. The summed E-state index contributed by atoms with van der Waals surface area (Å²) in [4.78, 5) is 0.926. The van der Waals surface area contributed by atoms with Gasteiger partial charge in [0.2, 0.25) is 0 Å². The third-order valence-corrected chi connectivity index (χ3v) is 4.89. The topological polar surface area (TPSA) is 26.0 Å². The lowest BCUT2D eigenvalue weighted by molar-refractivity contribution is 0.622. The van der Waals surface area contributed by atoms with E-state index in [1.807, 2.05) is 6.07 Å². The maximum Gasteiger partial charge on any atom is 0.124 e.